The molecular weight excluding hydrogens is 140 g/mol. The molecule has 1 aliphatic heterocycles. The van der Waals surface area contributed by atoms with Crippen molar-refractivity contribution in [2.45, 2.75) is 25.3 Å². The molecule has 2 aliphatic rings. The van der Waals surface area contributed by atoms with Gasteiger partial charge in [0, 0.05) is 12.5 Å². The van der Waals surface area contributed by atoms with Crippen LogP contribution in [0.3, 0.4) is 0 Å². The van der Waals surface area contributed by atoms with Gasteiger partial charge in [-0.2, -0.15) is 5.26 Å². The molecular formula is C8H10N2O. The molecule has 2 rings (SSSR count). The Labute approximate surface area is 65.4 Å². The normalized spacial score (nSPS) is 41.4. The van der Waals surface area contributed by atoms with Crippen LogP contribution < -0.4 is 5.32 Å². The van der Waals surface area contributed by atoms with Gasteiger partial charge < -0.3 is 5.32 Å². The van der Waals surface area contributed by atoms with E-state index in [2.05, 4.69) is 11.4 Å². The standard InChI is InChI=1S/C8H10N2O/c9-4-6-2-1-5-3-7(11)10-8(5)6/h5-6,8H,1-3H2,(H,10,11)/t5-,6+,8+/m1/s1. The van der Waals surface area contributed by atoms with Crippen molar-refractivity contribution in [2.24, 2.45) is 11.8 Å². The molecule has 3 heteroatoms. The fourth-order valence-electron chi connectivity index (χ4n) is 2.16. The monoisotopic (exact) mass is 150 g/mol. The molecule has 0 spiro atoms. The Morgan fingerprint density at radius 3 is 3.09 bits per heavy atom. The number of nitrogens with zero attached hydrogens (tertiary/aromatic N) is 1. The molecule has 58 valence electrons. The molecule has 0 aromatic carbocycles. The minimum absolute atomic E-state index is 0.0754. The summed E-state index contributed by atoms with van der Waals surface area (Å²) in [5.74, 6) is 0.651. The van der Waals surface area contributed by atoms with Crippen LogP contribution in [0.1, 0.15) is 19.3 Å². The lowest BCUT2D eigenvalue weighted by Gasteiger charge is -2.10. The van der Waals surface area contributed by atoms with Crippen molar-refractivity contribution in [3.05, 3.63) is 0 Å². The average Bonchev–Trinajstić information content (AvgIpc) is 2.45. The van der Waals surface area contributed by atoms with Crippen molar-refractivity contribution in [1.29, 1.82) is 5.26 Å². The Balaban J connectivity index is 2.14. The van der Waals surface area contributed by atoms with E-state index in [1.807, 2.05) is 0 Å². The zero-order valence-corrected chi connectivity index (χ0v) is 6.21. The summed E-state index contributed by atoms with van der Waals surface area (Å²) in [6.07, 6.45) is 2.65. The highest BCUT2D eigenvalue weighted by molar-refractivity contribution is 5.79. The van der Waals surface area contributed by atoms with Crippen LogP contribution in [0.2, 0.25) is 0 Å². The van der Waals surface area contributed by atoms with E-state index in [-0.39, 0.29) is 17.9 Å². The number of fused-ring (bicyclic) bond motifs is 1. The molecule has 11 heavy (non-hydrogen) atoms. The fraction of sp³-hybridized carbons (Fsp3) is 0.750. The van der Waals surface area contributed by atoms with E-state index in [4.69, 9.17) is 5.26 Å². The predicted octanol–water partition coefficient (Wildman–Crippen LogP) is 0.425. The molecule has 1 saturated heterocycles. The van der Waals surface area contributed by atoms with E-state index in [1.54, 1.807) is 0 Å². The van der Waals surface area contributed by atoms with Crippen molar-refractivity contribution in [2.75, 3.05) is 0 Å². The Hall–Kier alpha value is -1.04. The lowest BCUT2D eigenvalue weighted by Crippen LogP contribution is -2.31. The van der Waals surface area contributed by atoms with Crippen LogP contribution in [0, 0.1) is 23.2 Å². The van der Waals surface area contributed by atoms with Gasteiger partial charge in [0.25, 0.3) is 0 Å². The Bertz CT molecular complexity index is 231. The highest BCUT2D eigenvalue weighted by Gasteiger charge is 2.42. The van der Waals surface area contributed by atoms with Crippen molar-refractivity contribution in [3.63, 3.8) is 0 Å². The van der Waals surface area contributed by atoms with E-state index in [0.717, 1.165) is 12.8 Å². The molecule has 1 N–H and O–H groups in total. The number of hydrogen-bond donors (Lipinski definition) is 1. The molecule has 1 aliphatic carbocycles. The van der Waals surface area contributed by atoms with Crippen LogP contribution in [-0.4, -0.2) is 11.9 Å². The Morgan fingerprint density at radius 1 is 1.55 bits per heavy atom. The first-order chi connectivity index (χ1) is 5.31. The summed E-state index contributed by atoms with van der Waals surface area (Å²) in [5, 5.41) is 11.6. The van der Waals surface area contributed by atoms with E-state index in [1.165, 1.54) is 0 Å². The highest BCUT2D eigenvalue weighted by Crippen LogP contribution is 2.36. The predicted molar refractivity (Wildman–Crippen MR) is 38.4 cm³/mol. The third-order valence-corrected chi connectivity index (χ3v) is 2.73. The fourth-order valence-corrected chi connectivity index (χ4v) is 2.16. The van der Waals surface area contributed by atoms with Crippen LogP contribution in [-0.2, 0) is 4.79 Å². The quantitative estimate of drug-likeness (QED) is 0.544. The lowest BCUT2D eigenvalue weighted by atomic mass is 10.0. The topological polar surface area (TPSA) is 52.9 Å². The van der Waals surface area contributed by atoms with Crippen molar-refractivity contribution < 1.29 is 4.79 Å². The smallest absolute Gasteiger partial charge is 0.220 e. The van der Waals surface area contributed by atoms with Crippen LogP contribution in [0.25, 0.3) is 0 Å². The highest BCUT2D eigenvalue weighted by atomic mass is 16.2. The maximum absolute atomic E-state index is 10.9. The molecule has 1 heterocycles. The first-order valence-corrected chi connectivity index (χ1v) is 4.00. The second-order valence-corrected chi connectivity index (χ2v) is 3.37. The van der Waals surface area contributed by atoms with Crippen molar-refractivity contribution in [1.82, 2.24) is 5.32 Å². The number of amides is 1. The maximum Gasteiger partial charge on any atom is 0.220 e. The van der Waals surface area contributed by atoms with Crippen molar-refractivity contribution in [3.8, 4) is 6.07 Å². The van der Waals surface area contributed by atoms with E-state index < -0.39 is 0 Å². The number of carbonyl (C=O) groups is 1. The molecule has 3 atom stereocenters. The van der Waals surface area contributed by atoms with Gasteiger partial charge in [-0.25, -0.2) is 0 Å². The number of hydrogen-bond acceptors (Lipinski definition) is 2. The van der Waals surface area contributed by atoms with Gasteiger partial charge in [-0.1, -0.05) is 0 Å². The number of carbonyl (C=O) groups excluding carboxylic acids is 1. The molecule has 0 bridgehead atoms. The van der Waals surface area contributed by atoms with Crippen LogP contribution >= 0.6 is 0 Å². The Morgan fingerprint density at radius 2 is 2.36 bits per heavy atom. The SMILES string of the molecule is N#C[C@@H]1CC[C@@H]2CC(=O)N[C@@H]21. The molecule has 0 aromatic rings. The summed E-state index contributed by atoms with van der Waals surface area (Å²) >= 11 is 0. The number of nitriles is 1. The van der Waals surface area contributed by atoms with Gasteiger partial charge >= 0.3 is 0 Å². The molecule has 1 saturated carbocycles. The van der Waals surface area contributed by atoms with Gasteiger partial charge in [0.05, 0.1) is 12.0 Å². The molecule has 3 nitrogen and oxygen atoms in total. The van der Waals surface area contributed by atoms with Gasteiger partial charge in [0.2, 0.25) is 5.91 Å². The Kier molecular flexibility index (Phi) is 1.35. The molecule has 0 aromatic heterocycles. The summed E-state index contributed by atoms with van der Waals surface area (Å²) in [6.45, 7) is 0. The second-order valence-electron chi connectivity index (χ2n) is 3.37. The minimum Gasteiger partial charge on any atom is -0.352 e. The van der Waals surface area contributed by atoms with Gasteiger partial charge in [0.15, 0.2) is 0 Å². The number of nitrogens with one attached hydrogen (secondary N) is 1. The second kappa shape index (κ2) is 2.23. The molecule has 0 unspecified atom stereocenters. The largest absolute Gasteiger partial charge is 0.352 e. The van der Waals surface area contributed by atoms with Crippen molar-refractivity contribution >= 4 is 5.91 Å². The first kappa shape index (κ1) is 6.66. The summed E-state index contributed by atoms with van der Waals surface area (Å²) in [6, 6.07) is 2.41. The first-order valence-electron chi connectivity index (χ1n) is 4.00. The minimum atomic E-state index is 0.0754. The summed E-state index contributed by atoms with van der Waals surface area (Å²) in [4.78, 5) is 10.9. The number of rotatable bonds is 0. The maximum atomic E-state index is 10.9. The summed E-state index contributed by atoms with van der Waals surface area (Å²) in [5.41, 5.74) is 0. The molecule has 1 amide bonds. The average molecular weight is 150 g/mol. The van der Waals surface area contributed by atoms with Gasteiger partial charge in [0.1, 0.15) is 0 Å². The van der Waals surface area contributed by atoms with E-state index in [9.17, 15) is 4.79 Å². The van der Waals surface area contributed by atoms with Crippen LogP contribution in [0.15, 0.2) is 0 Å². The molecule has 0 radical (unpaired) electrons. The van der Waals surface area contributed by atoms with Crippen LogP contribution in [0.4, 0.5) is 0 Å². The van der Waals surface area contributed by atoms with Gasteiger partial charge in [-0.3, -0.25) is 4.79 Å². The van der Waals surface area contributed by atoms with E-state index in [0.29, 0.717) is 12.3 Å². The van der Waals surface area contributed by atoms with Crippen LogP contribution in [0.5, 0.6) is 0 Å². The zero-order chi connectivity index (χ0) is 7.84. The third-order valence-electron chi connectivity index (χ3n) is 2.73. The summed E-state index contributed by atoms with van der Waals surface area (Å²) in [7, 11) is 0. The van der Waals surface area contributed by atoms with Gasteiger partial charge in [-0.15, -0.1) is 0 Å². The molecule has 2 fully saturated rings. The third kappa shape index (κ3) is 0.900. The zero-order valence-electron chi connectivity index (χ0n) is 6.21. The van der Waals surface area contributed by atoms with Gasteiger partial charge in [-0.05, 0) is 18.8 Å². The van der Waals surface area contributed by atoms with E-state index >= 15 is 0 Å². The summed E-state index contributed by atoms with van der Waals surface area (Å²) < 4.78 is 0. The lowest BCUT2D eigenvalue weighted by molar-refractivity contribution is -0.119.